The normalized spacial score (nSPS) is 10.3. The van der Waals surface area contributed by atoms with Crippen LogP contribution in [0.1, 0.15) is 5.56 Å². The third-order valence-electron chi connectivity index (χ3n) is 2.66. The second-order valence-corrected chi connectivity index (χ2v) is 5.54. The number of nitro groups is 2. The van der Waals surface area contributed by atoms with Crippen molar-refractivity contribution in [3.63, 3.8) is 0 Å². The summed E-state index contributed by atoms with van der Waals surface area (Å²) in [6.07, 6.45) is 0. The van der Waals surface area contributed by atoms with Crippen molar-refractivity contribution in [1.29, 1.82) is 0 Å². The monoisotopic (exact) mass is 324 g/mol. The predicted molar refractivity (Wildman–Crippen MR) is 80.8 cm³/mol. The van der Waals surface area contributed by atoms with E-state index in [0.29, 0.717) is 15.7 Å². The van der Waals surface area contributed by atoms with E-state index < -0.39 is 9.85 Å². The summed E-state index contributed by atoms with van der Waals surface area (Å²) in [4.78, 5) is 20.8. The molecule has 0 atom stereocenters. The number of non-ortho nitro benzene ring substituents is 1. The minimum atomic E-state index is -0.652. The molecule has 0 amide bonds. The van der Waals surface area contributed by atoms with E-state index in [4.69, 9.17) is 11.6 Å². The van der Waals surface area contributed by atoms with Gasteiger partial charge in [0.05, 0.1) is 20.8 Å². The van der Waals surface area contributed by atoms with Crippen LogP contribution in [0.25, 0.3) is 0 Å². The van der Waals surface area contributed by atoms with E-state index in [9.17, 15) is 20.2 Å². The van der Waals surface area contributed by atoms with Gasteiger partial charge in [0.2, 0.25) is 0 Å². The molecule has 8 heteroatoms. The Kier molecular flexibility index (Phi) is 4.77. The SMILES string of the molecule is O=[N+]([O-])c1ccc(SCc2ccc(Cl)cc2)c([N+](=O)[O-])c1. The Balaban J connectivity index is 2.21. The van der Waals surface area contributed by atoms with E-state index >= 15 is 0 Å². The van der Waals surface area contributed by atoms with Crippen LogP contribution in [0.5, 0.6) is 0 Å². The molecule has 2 aromatic carbocycles. The molecular formula is C13H9ClN2O4S. The third-order valence-corrected chi connectivity index (χ3v) is 4.04. The number of benzene rings is 2. The van der Waals surface area contributed by atoms with E-state index in [1.807, 2.05) is 12.1 Å². The van der Waals surface area contributed by atoms with Crippen molar-refractivity contribution < 1.29 is 9.85 Å². The van der Waals surface area contributed by atoms with Gasteiger partial charge in [-0.15, -0.1) is 11.8 Å². The van der Waals surface area contributed by atoms with Crippen molar-refractivity contribution in [1.82, 2.24) is 0 Å². The van der Waals surface area contributed by atoms with Crippen LogP contribution in [0.15, 0.2) is 47.4 Å². The zero-order chi connectivity index (χ0) is 15.4. The topological polar surface area (TPSA) is 86.3 Å². The van der Waals surface area contributed by atoms with Gasteiger partial charge in [-0.1, -0.05) is 23.7 Å². The summed E-state index contributed by atoms with van der Waals surface area (Å²) in [5.41, 5.74) is 0.401. The van der Waals surface area contributed by atoms with Gasteiger partial charge in [0.1, 0.15) is 0 Å². The minimum Gasteiger partial charge on any atom is -0.258 e. The van der Waals surface area contributed by atoms with Gasteiger partial charge in [-0.2, -0.15) is 0 Å². The van der Waals surface area contributed by atoms with Gasteiger partial charge in [0.25, 0.3) is 11.4 Å². The smallest absolute Gasteiger partial charge is 0.258 e. The van der Waals surface area contributed by atoms with E-state index in [0.717, 1.165) is 11.6 Å². The maximum absolute atomic E-state index is 11.0. The Bertz CT molecular complexity index is 691. The number of halogens is 1. The molecule has 2 aromatic rings. The number of hydrogen-bond donors (Lipinski definition) is 0. The van der Waals surface area contributed by atoms with Crippen LogP contribution in [0.3, 0.4) is 0 Å². The molecule has 0 spiro atoms. The average Bonchev–Trinajstić information content (AvgIpc) is 2.46. The molecule has 108 valence electrons. The van der Waals surface area contributed by atoms with Crippen molar-refractivity contribution in [2.24, 2.45) is 0 Å². The van der Waals surface area contributed by atoms with E-state index in [1.165, 1.54) is 23.9 Å². The number of nitrogens with zero attached hydrogens (tertiary/aromatic N) is 2. The Morgan fingerprint density at radius 1 is 1.00 bits per heavy atom. The highest BCUT2D eigenvalue weighted by molar-refractivity contribution is 7.98. The first-order valence-corrected chi connectivity index (χ1v) is 7.14. The van der Waals surface area contributed by atoms with Crippen LogP contribution in [-0.4, -0.2) is 9.85 Å². The molecule has 0 aliphatic heterocycles. The lowest BCUT2D eigenvalue weighted by molar-refractivity contribution is -0.396. The third kappa shape index (κ3) is 3.93. The summed E-state index contributed by atoms with van der Waals surface area (Å²) >= 11 is 7.03. The molecule has 6 nitrogen and oxygen atoms in total. The average molecular weight is 325 g/mol. The molecule has 0 N–H and O–H groups in total. The lowest BCUT2D eigenvalue weighted by Gasteiger charge is -2.03. The molecule has 0 radical (unpaired) electrons. The number of hydrogen-bond acceptors (Lipinski definition) is 5. The molecule has 0 unspecified atom stereocenters. The van der Waals surface area contributed by atoms with Gasteiger partial charge in [0, 0.05) is 16.8 Å². The van der Waals surface area contributed by atoms with Gasteiger partial charge in [0.15, 0.2) is 0 Å². The largest absolute Gasteiger partial charge is 0.289 e. The zero-order valence-electron chi connectivity index (χ0n) is 10.6. The Morgan fingerprint density at radius 3 is 2.24 bits per heavy atom. The van der Waals surface area contributed by atoms with E-state index in [1.54, 1.807) is 12.1 Å². The first-order valence-electron chi connectivity index (χ1n) is 5.77. The Labute approximate surface area is 129 Å². The highest BCUT2D eigenvalue weighted by Crippen LogP contribution is 2.34. The summed E-state index contributed by atoms with van der Waals surface area (Å²) in [7, 11) is 0. The molecule has 2 rings (SSSR count). The standard InChI is InChI=1S/C13H9ClN2O4S/c14-10-3-1-9(2-4-10)8-21-13-6-5-11(15(17)18)7-12(13)16(19)20/h1-7H,8H2. The van der Waals surface area contributed by atoms with E-state index in [-0.39, 0.29) is 11.4 Å². The lowest BCUT2D eigenvalue weighted by atomic mass is 10.2. The van der Waals surface area contributed by atoms with Crippen LogP contribution in [-0.2, 0) is 5.75 Å². The van der Waals surface area contributed by atoms with Gasteiger partial charge >= 0.3 is 0 Å². The molecule has 0 heterocycles. The van der Waals surface area contributed by atoms with Gasteiger partial charge in [-0.3, -0.25) is 20.2 Å². The first kappa shape index (κ1) is 15.3. The van der Waals surface area contributed by atoms with Gasteiger partial charge in [-0.05, 0) is 23.8 Å². The number of nitro benzene ring substituents is 2. The van der Waals surface area contributed by atoms with Crippen LogP contribution in [0.2, 0.25) is 5.02 Å². The number of thioether (sulfide) groups is 1. The fourth-order valence-corrected chi connectivity index (χ4v) is 2.71. The summed E-state index contributed by atoms with van der Waals surface area (Å²) in [6, 6.07) is 10.8. The molecule has 0 saturated carbocycles. The molecule has 0 bridgehead atoms. The highest BCUT2D eigenvalue weighted by atomic mass is 35.5. The molecule has 0 aliphatic carbocycles. The summed E-state index contributed by atoms with van der Waals surface area (Å²) < 4.78 is 0. The fourth-order valence-electron chi connectivity index (χ4n) is 1.63. The second kappa shape index (κ2) is 6.55. The Hall–Kier alpha value is -2.12. The number of rotatable bonds is 5. The summed E-state index contributed by atoms with van der Waals surface area (Å²) in [5.74, 6) is 0.510. The van der Waals surface area contributed by atoms with Crippen LogP contribution in [0, 0.1) is 20.2 Å². The molecule has 21 heavy (non-hydrogen) atoms. The van der Waals surface area contributed by atoms with Crippen LogP contribution < -0.4 is 0 Å². The van der Waals surface area contributed by atoms with Crippen molar-refractivity contribution in [3.8, 4) is 0 Å². The van der Waals surface area contributed by atoms with Crippen LogP contribution in [0.4, 0.5) is 11.4 Å². The molecule has 0 aliphatic rings. The predicted octanol–water partition coefficient (Wildman–Crippen LogP) is 4.45. The molecular weight excluding hydrogens is 316 g/mol. The quantitative estimate of drug-likeness (QED) is 0.460. The van der Waals surface area contributed by atoms with Gasteiger partial charge in [-0.25, -0.2) is 0 Å². The van der Waals surface area contributed by atoms with Gasteiger partial charge < -0.3 is 0 Å². The highest BCUT2D eigenvalue weighted by Gasteiger charge is 2.19. The maximum atomic E-state index is 11.0. The summed E-state index contributed by atoms with van der Waals surface area (Å²) in [6.45, 7) is 0. The van der Waals surface area contributed by atoms with Crippen LogP contribution >= 0.6 is 23.4 Å². The van der Waals surface area contributed by atoms with E-state index in [2.05, 4.69) is 0 Å². The fraction of sp³-hybridized carbons (Fsp3) is 0.0769. The van der Waals surface area contributed by atoms with Crippen molar-refractivity contribution in [3.05, 3.63) is 73.3 Å². The zero-order valence-corrected chi connectivity index (χ0v) is 12.1. The maximum Gasteiger partial charge on any atom is 0.289 e. The minimum absolute atomic E-state index is 0.261. The van der Waals surface area contributed by atoms with Crippen molar-refractivity contribution in [2.75, 3.05) is 0 Å². The Morgan fingerprint density at radius 2 is 1.67 bits per heavy atom. The van der Waals surface area contributed by atoms with Crippen molar-refractivity contribution >= 4 is 34.7 Å². The second-order valence-electron chi connectivity index (χ2n) is 4.08. The first-order chi connectivity index (χ1) is 9.97. The van der Waals surface area contributed by atoms with Crippen molar-refractivity contribution in [2.45, 2.75) is 10.6 Å². The lowest BCUT2D eigenvalue weighted by Crippen LogP contribution is -1.94. The molecule has 0 fully saturated rings. The molecule has 0 saturated heterocycles. The summed E-state index contributed by atoms with van der Waals surface area (Å²) in [5, 5.41) is 22.3. The molecule has 0 aromatic heterocycles.